The van der Waals surface area contributed by atoms with Gasteiger partial charge in [0.1, 0.15) is 0 Å². The lowest BCUT2D eigenvalue weighted by atomic mass is 9.87. The van der Waals surface area contributed by atoms with Crippen molar-refractivity contribution in [1.82, 2.24) is 4.90 Å². The molecule has 0 saturated heterocycles. The number of hydrogen-bond acceptors (Lipinski definition) is 2. The summed E-state index contributed by atoms with van der Waals surface area (Å²) >= 11 is 0. The van der Waals surface area contributed by atoms with E-state index in [4.69, 9.17) is 5.11 Å². The molecule has 1 aromatic rings. The number of aliphatic hydroxyl groups is 1. The minimum Gasteiger partial charge on any atom is -0.396 e. The first-order valence-corrected chi connectivity index (χ1v) is 6.67. The van der Waals surface area contributed by atoms with Crippen LogP contribution in [0.5, 0.6) is 0 Å². The predicted octanol–water partition coefficient (Wildman–Crippen LogP) is 2.91. The van der Waals surface area contributed by atoms with Gasteiger partial charge in [-0.05, 0) is 24.3 Å². The van der Waals surface area contributed by atoms with Crippen molar-refractivity contribution in [2.75, 3.05) is 13.2 Å². The molecule has 1 N–H and O–H groups in total. The van der Waals surface area contributed by atoms with Crippen LogP contribution in [-0.4, -0.2) is 29.1 Å². The molecule has 1 heterocycles. The highest BCUT2D eigenvalue weighted by Crippen LogP contribution is 2.35. The molecule has 0 atom stereocenters. The number of carbonyl (C=O) groups excluding carboxylic acids is 1. The summed E-state index contributed by atoms with van der Waals surface area (Å²) < 4.78 is 0. The molecule has 0 aromatic heterocycles. The summed E-state index contributed by atoms with van der Waals surface area (Å²) in [6.07, 6.45) is 1.64. The van der Waals surface area contributed by atoms with Gasteiger partial charge in [0.25, 0.3) is 5.91 Å². The van der Waals surface area contributed by atoms with Crippen LogP contribution in [0, 0.1) is 5.41 Å². The van der Waals surface area contributed by atoms with Crippen molar-refractivity contribution in [3.8, 4) is 0 Å². The maximum absolute atomic E-state index is 12.4. The fourth-order valence-electron chi connectivity index (χ4n) is 2.57. The molecule has 0 saturated carbocycles. The summed E-state index contributed by atoms with van der Waals surface area (Å²) in [5.41, 5.74) is 2.44. The van der Waals surface area contributed by atoms with Gasteiger partial charge in [-0.3, -0.25) is 4.79 Å². The average Bonchev–Trinajstić information content (AvgIpc) is 2.62. The summed E-state index contributed by atoms with van der Waals surface area (Å²) in [4.78, 5) is 14.1. The van der Waals surface area contributed by atoms with Crippen molar-refractivity contribution in [3.05, 3.63) is 42.0 Å². The van der Waals surface area contributed by atoms with E-state index in [2.05, 4.69) is 20.4 Å². The van der Waals surface area contributed by atoms with Gasteiger partial charge in [-0.2, -0.15) is 0 Å². The molecule has 3 heteroatoms. The third kappa shape index (κ3) is 2.71. The number of benzene rings is 1. The van der Waals surface area contributed by atoms with Gasteiger partial charge in [0, 0.05) is 30.0 Å². The van der Waals surface area contributed by atoms with Gasteiger partial charge >= 0.3 is 0 Å². The molecule has 1 aliphatic heterocycles. The maximum Gasteiger partial charge on any atom is 0.258 e. The highest BCUT2D eigenvalue weighted by molar-refractivity contribution is 6.08. The van der Waals surface area contributed by atoms with Crippen molar-refractivity contribution in [2.24, 2.45) is 5.41 Å². The quantitative estimate of drug-likeness (QED) is 0.883. The molecule has 0 aliphatic carbocycles. The molecule has 0 radical (unpaired) electrons. The van der Waals surface area contributed by atoms with E-state index in [1.54, 1.807) is 4.90 Å². The van der Waals surface area contributed by atoms with E-state index in [-0.39, 0.29) is 17.9 Å². The Morgan fingerprint density at radius 2 is 1.89 bits per heavy atom. The largest absolute Gasteiger partial charge is 0.396 e. The maximum atomic E-state index is 12.4. The summed E-state index contributed by atoms with van der Waals surface area (Å²) in [7, 11) is 0. The number of aliphatic hydroxyl groups excluding tert-OH is 1. The standard InChI is InChI=1S/C16H21NO2/c1-12-13-7-4-5-8-14(13)15(19)17(12)11-16(2,3)9-6-10-18/h4-5,7-8,18H,1,6,9-11H2,2-3H3. The molecule has 1 aliphatic rings. The fraction of sp³-hybridized carbons (Fsp3) is 0.438. The predicted molar refractivity (Wildman–Crippen MR) is 76.6 cm³/mol. The van der Waals surface area contributed by atoms with Gasteiger partial charge in [-0.1, -0.05) is 38.6 Å². The van der Waals surface area contributed by atoms with E-state index in [9.17, 15) is 4.79 Å². The highest BCUT2D eigenvalue weighted by Gasteiger charge is 2.34. The van der Waals surface area contributed by atoms with Gasteiger partial charge in [-0.15, -0.1) is 0 Å². The van der Waals surface area contributed by atoms with Crippen molar-refractivity contribution < 1.29 is 9.90 Å². The van der Waals surface area contributed by atoms with Crippen LogP contribution < -0.4 is 0 Å². The van der Waals surface area contributed by atoms with Gasteiger partial charge in [0.2, 0.25) is 0 Å². The molecule has 3 nitrogen and oxygen atoms in total. The van der Waals surface area contributed by atoms with Gasteiger partial charge in [-0.25, -0.2) is 0 Å². The van der Waals surface area contributed by atoms with Crippen molar-refractivity contribution in [1.29, 1.82) is 0 Å². The smallest absolute Gasteiger partial charge is 0.258 e. The van der Waals surface area contributed by atoms with Crippen LogP contribution in [0.1, 0.15) is 42.6 Å². The van der Waals surface area contributed by atoms with Crippen molar-refractivity contribution >= 4 is 11.6 Å². The Labute approximate surface area is 114 Å². The third-order valence-corrected chi connectivity index (χ3v) is 3.64. The van der Waals surface area contributed by atoms with Gasteiger partial charge in [0.15, 0.2) is 0 Å². The van der Waals surface area contributed by atoms with Crippen molar-refractivity contribution in [3.63, 3.8) is 0 Å². The molecular formula is C16H21NO2. The van der Waals surface area contributed by atoms with Crippen LogP contribution in [0.3, 0.4) is 0 Å². The Bertz CT molecular complexity index is 470. The lowest BCUT2D eigenvalue weighted by Gasteiger charge is -2.30. The van der Waals surface area contributed by atoms with Gasteiger partial charge < -0.3 is 10.0 Å². The lowest BCUT2D eigenvalue weighted by molar-refractivity contribution is 0.0797. The second-order valence-corrected chi connectivity index (χ2v) is 5.87. The van der Waals surface area contributed by atoms with Crippen LogP contribution in [0.25, 0.3) is 5.70 Å². The third-order valence-electron chi connectivity index (χ3n) is 3.64. The fourth-order valence-corrected chi connectivity index (χ4v) is 2.57. The zero-order chi connectivity index (χ0) is 14.0. The Kier molecular flexibility index (Phi) is 3.76. The SMILES string of the molecule is C=C1c2ccccc2C(=O)N1CC(C)(C)CCCO. The van der Waals surface area contributed by atoms with E-state index in [1.807, 2.05) is 24.3 Å². The van der Waals surface area contributed by atoms with Crippen LogP contribution in [0.15, 0.2) is 30.8 Å². The molecule has 1 amide bonds. The summed E-state index contributed by atoms with van der Waals surface area (Å²) in [6.45, 7) is 9.11. The van der Waals surface area contributed by atoms with E-state index in [0.717, 1.165) is 29.7 Å². The zero-order valence-electron chi connectivity index (χ0n) is 11.6. The molecular weight excluding hydrogens is 238 g/mol. The van der Waals surface area contributed by atoms with E-state index in [0.29, 0.717) is 6.54 Å². The Balaban J connectivity index is 2.16. The first-order valence-electron chi connectivity index (χ1n) is 6.67. The molecule has 1 aromatic carbocycles. The average molecular weight is 259 g/mol. The van der Waals surface area contributed by atoms with Gasteiger partial charge in [0.05, 0.1) is 0 Å². The van der Waals surface area contributed by atoms with Crippen LogP contribution >= 0.6 is 0 Å². The Morgan fingerprint density at radius 3 is 2.47 bits per heavy atom. The molecule has 0 bridgehead atoms. The zero-order valence-corrected chi connectivity index (χ0v) is 11.6. The molecule has 19 heavy (non-hydrogen) atoms. The first-order chi connectivity index (χ1) is 8.96. The number of rotatable bonds is 5. The molecule has 102 valence electrons. The summed E-state index contributed by atoms with van der Waals surface area (Å²) in [5.74, 6) is 0.0395. The first kappa shape index (κ1) is 13.8. The minimum absolute atomic E-state index is 0.0244. The summed E-state index contributed by atoms with van der Waals surface area (Å²) in [6, 6.07) is 7.60. The van der Waals surface area contributed by atoms with Crippen molar-refractivity contribution in [2.45, 2.75) is 26.7 Å². The minimum atomic E-state index is -0.0244. The number of hydrogen-bond donors (Lipinski definition) is 1. The lowest BCUT2D eigenvalue weighted by Crippen LogP contribution is -2.34. The molecule has 0 fully saturated rings. The molecule has 0 spiro atoms. The second kappa shape index (κ2) is 5.17. The highest BCUT2D eigenvalue weighted by atomic mass is 16.2. The van der Waals surface area contributed by atoms with E-state index < -0.39 is 0 Å². The Morgan fingerprint density at radius 1 is 1.26 bits per heavy atom. The number of carbonyl (C=O) groups is 1. The van der Waals surface area contributed by atoms with E-state index >= 15 is 0 Å². The molecule has 2 rings (SSSR count). The number of amides is 1. The summed E-state index contributed by atoms with van der Waals surface area (Å²) in [5, 5.41) is 8.94. The normalized spacial score (nSPS) is 15.0. The van der Waals surface area contributed by atoms with Crippen LogP contribution in [-0.2, 0) is 0 Å². The topological polar surface area (TPSA) is 40.5 Å². The van der Waals surface area contributed by atoms with Crippen LogP contribution in [0.4, 0.5) is 0 Å². The van der Waals surface area contributed by atoms with Crippen LogP contribution in [0.2, 0.25) is 0 Å². The second-order valence-electron chi connectivity index (χ2n) is 5.87. The van der Waals surface area contributed by atoms with E-state index in [1.165, 1.54) is 0 Å². The molecule has 0 unspecified atom stereocenters. The number of fused-ring (bicyclic) bond motifs is 1. The number of nitrogens with zero attached hydrogens (tertiary/aromatic N) is 1. The Hall–Kier alpha value is -1.61. The monoisotopic (exact) mass is 259 g/mol.